The molecular weight excluding hydrogens is 430 g/mol. The number of fused-ring (bicyclic) bond motifs is 2. The molecule has 2 aromatic carbocycles. The molecule has 0 spiro atoms. The zero-order valence-corrected chi connectivity index (χ0v) is 18.2. The van der Waals surface area contributed by atoms with Gasteiger partial charge >= 0.3 is 37.9 Å². The van der Waals surface area contributed by atoms with Crippen LogP contribution in [0.2, 0.25) is 12.1 Å². The topological polar surface area (TPSA) is 0 Å². The van der Waals surface area contributed by atoms with Gasteiger partial charge in [0.1, 0.15) is 0 Å². The number of allylic oxidation sites excluding steroid dienone is 2. The van der Waals surface area contributed by atoms with Crippen molar-refractivity contribution in [2.45, 2.75) is 23.9 Å². The summed E-state index contributed by atoms with van der Waals surface area (Å²) in [6, 6.07) is 20.2. The zero-order valence-electron chi connectivity index (χ0n) is 13.3. The van der Waals surface area contributed by atoms with Crippen LogP contribution in [-0.2, 0) is 20.8 Å². The second-order valence-electron chi connectivity index (χ2n) is 5.92. The van der Waals surface area contributed by atoms with Crippen LogP contribution in [0.4, 0.5) is 0 Å². The first-order valence-electron chi connectivity index (χ1n) is 8.04. The molecule has 0 bridgehead atoms. The third-order valence-corrected chi connectivity index (χ3v) is 5.99. The molecule has 2 atom stereocenters. The van der Waals surface area contributed by atoms with Crippen molar-refractivity contribution in [1.29, 1.82) is 0 Å². The molecule has 2 aromatic rings. The summed E-state index contributed by atoms with van der Waals surface area (Å²) in [4.78, 5) is 0. The van der Waals surface area contributed by atoms with E-state index >= 15 is 0 Å². The summed E-state index contributed by atoms with van der Waals surface area (Å²) >= 11 is -0.826. The van der Waals surface area contributed by atoms with Crippen molar-refractivity contribution in [2.24, 2.45) is 0 Å². The number of halogens is 2. The first-order chi connectivity index (χ1) is 11.8. The van der Waals surface area contributed by atoms with Crippen LogP contribution in [0.15, 0.2) is 60.7 Å². The summed E-state index contributed by atoms with van der Waals surface area (Å²) < 4.78 is 0. The van der Waals surface area contributed by atoms with Crippen LogP contribution in [0.25, 0.3) is 12.2 Å². The minimum atomic E-state index is -0.826. The van der Waals surface area contributed by atoms with Crippen LogP contribution >= 0.6 is 17.0 Å². The van der Waals surface area contributed by atoms with Gasteiger partial charge in [0.25, 0.3) is 0 Å². The predicted octanol–water partition coefficient (Wildman–Crippen LogP) is 6.52. The summed E-state index contributed by atoms with van der Waals surface area (Å²) in [6.45, 7) is 0. The van der Waals surface area contributed by atoms with E-state index in [1.165, 1.54) is 34.3 Å². The molecule has 2 radical (unpaired) electrons. The Bertz CT molecular complexity index is 680. The van der Waals surface area contributed by atoms with Crippen molar-refractivity contribution < 1.29 is 20.8 Å². The minimum absolute atomic E-state index is 0.639. The van der Waals surface area contributed by atoms with Crippen LogP contribution in [0.1, 0.15) is 34.1 Å². The number of benzene rings is 2. The molecule has 4 heteroatoms. The molecule has 0 amide bonds. The first-order valence-corrected chi connectivity index (χ1v) is 15.8. The molecule has 4 rings (SSSR count). The molecule has 0 nitrogen and oxygen atoms in total. The van der Waals surface area contributed by atoms with Crippen molar-refractivity contribution in [2.75, 3.05) is 0 Å². The van der Waals surface area contributed by atoms with Gasteiger partial charge in [0.15, 0.2) is 0 Å². The Labute approximate surface area is 165 Å². The van der Waals surface area contributed by atoms with Gasteiger partial charge in [-0.25, -0.2) is 0 Å². The van der Waals surface area contributed by atoms with Crippen LogP contribution in [0.5, 0.6) is 0 Å². The van der Waals surface area contributed by atoms with Crippen LogP contribution < -0.4 is 0 Å². The molecule has 2 aliphatic rings. The van der Waals surface area contributed by atoms with E-state index in [1.54, 1.807) is 0 Å². The molecule has 0 saturated heterocycles. The third-order valence-electron chi connectivity index (χ3n) is 4.54. The molecule has 0 aromatic heterocycles. The number of hydrogen-bond donors (Lipinski definition) is 0. The monoisotopic (exact) mass is 446 g/mol. The third kappa shape index (κ3) is 4.41. The summed E-state index contributed by atoms with van der Waals surface area (Å²) in [7, 11) is 10.9. The maximum atomic E-state index is 4.93. The van der Waals surface area contributed by atoms with Crippen molar-refractivity contribution >= 4 is 38.7 Å². The number of hydrogen-bond acceptors (Lipinski definition) is 0. The average Bonchev–Trinajstić information content (AvgIpc) is 3.21. The molecule has 2 aliphatic carbocycles. The van der Waals surface area contributed by atoms with Gasteiger partial charge in [-0.1, -0.05) is 84.9 Å². The summed E-state index contributed by atoms with van der Waals surface area (Å²) in [5, 5.41) is 0. The van der Waals surface area contributed by atoms with E-state index in [2.05, 4.69) is 72.8 Å². The molecule has 2 unspecified atom stereocenters. The van der Waals surface area contributed by atoms with Gasteiger partial charge in [0, 0.05) is 9.52 Å². The van der Waals surface area contributed by atoms with Gasteiger partial charge in [0.2, 0.25) is 0 Å². The van der Waals surface area contributed by atoms with Gasteiger partial charge in [-0.05, 0) is 34.1 Å². The van der Waals surface area contributed by atoms with Gasteiger partial charge < -0.3 is 0 Å². The molecule has 0 aliphatic heterocycles. The molecule has 0 heterocycles. The van der Waals surface area contributed by atoms with Crippen molar-refractivity contribution in [3.05, 3.63) is 82.9 Å². The van der Waals surface area contributed by atoms with Crippen LogP contribution in [0.3, 0.4) is 0 Å². The summed E-state index contributed by atoms with van der Waals surface area (Å²) in [5.41, 5.74) is 5.87. The van der Waals surface area contributed by atoms with Crippen LogP contribution in [0, 0.1) is 0 Å². The first kappa shape index (κ1) is 18.4. The number of rotatable bonds is 4. The predicted molar refractivity (Wildman–Crippen MR) is 104 cm³/mol. The fourth-order valence-electron chi connectivity index (χ4n) is 3.40. The Morgan fingerprint density at radius 2 is 1.17 bits per heavy atom. The van der Waals surface area contributed by atoms with Crippen molar-refractivity contribution in [1.82, 2.24) is 0 Å². The summed E-state index contributed by atoms with van der Waals surface area (Å²) in [5.74, 6) is 1.28. The van der Waals surface area contributed by atoms with Crippen molar-refractivity contribution in [3.8, 4) is 0 Å². The second-order valence-corrected chi connectivity index (χ2v) is 11.0. The normalized spacial score (nSPS) is 19.4. The van der Waals surface area contributed by atoms with Crippen LogP contribution in [-0.4, -0.2) is 9.52 Å². The molecular formula is C20H18Cl2SiZr. The Morgan fingerprint density at radius 3 is 1.62 bits per heavy atom. The van der Waals surface area contributed by atoms with E-state index in [0.29, 0.717) is 11.8 Å². The van der Waals surface area contributed by atoms with E-state index in [4.69, 9.17) is 17.0 Å². The van der Waals surface area contributed by atoms with E-state index in [1.807, 2.05) is 0 Å². The standard InChI is InChI=1S/C20H18Si.2ClH.Zr/c1-3-7-19-15(5-1)9-11-17(19)13-21-14-18-12-10-16-6-2-4-8-20(16)18;;;/h1-12,17-18H,13-14H2;2*1H;/q;;;+2/p-2. The molecule has 120 valence electrons. The Hall–Kier alpha value is -0.400. The van der Waals surface area contributed by atoms with E-state index in [9.17, 15) is 0 Å². The van der Waals surface area contributed by atoms with Gasteiger partial charge in [-0.15, -0.1) is 0 Å². The van der Waals surface area contributed by atoms with E-state index in [-0.39, 0.29) is 0 Å². The van der Waals surface area contributed by atoms with Gasteiger partial charge in [-0.2, -0.15) is 0 Å². The average molecular weight is 449 g/mol. The Morgan fingerprint density at radius 1 is 0.750 bits per heavy atom. The molecule has 0 saturated carbocycles. The molecule has 0 fully saturated rings. The zero-order chi connectivity index (χ0) is 16.8. The SMILES string of the molecule is C1=CC(C[Si]CC2C=Cc3ccccc32)c2ccccc21.[Cl][Zr][Cl]. The molecule has 24 heavy (non-hydrogen) atoms. The Balaban J connectivity index is 0.000000526. The maximum absolute atomic E-state index is 4.93. The fourth-order valence-corrected chi connectivity index (χ4v) is 4.90. The van der Waals surface area contributed by atoms with E-state index < -0.39 is 20.8 Å². The molecule has 0 N–H and O–H groups in total. The second kappa shape index (κ2) is 9.34. The van der Waals surface area contributed by atoms with Gasteiger partial charge in [-0.3, -0.25) is 0 Å². The quantitative estimate of drug-likeness (QED) is 0.467. The fraction of sp³-hybridized carbons (Fsp3) is 0.200. The van der Waals surface area contributed by atoms with Gasteiger partial charge in [0.05, 0.1) is 0 Å². The van der Waals surface area contributed by atoms with Crippen molar-refractivity contribution in [3.63, 3.8) is 0 Å². The van der Waals surface area contributed by atoms with E-state index in [0.717, 1.165) is 9.52 Å². The summed E-state index contributed by atoms with van der Waals surface area (Å²) in [6.07, 6.45) is 9.34. The Kier molecular flexibility index (Phi) is 7.16.